The van der Waals surface area contributed by atoms with Crippen LogP contribution in [0, 0.1) is 0 Å². The van der Waals surface area contributed by atoms with Crippen molar-refractivity contribution in [2.45, 2.75) is 39.5 Å². The van der Waals surface area contributed by atoms with Crippen molar-refractivity contribution >= 4 is 5.97 Å². The summed E-state index contributed by atoms with van der Waals surface area (Å²) in [5.74, 6) is -0.466. The van der Waals surface area contributed by atoms with Crippen LogP contribution in [0.2, 0.25) is 0 Å². The Morgan fingerprint density at radius 2 is 1.88 bits per heavy atom. The number of nitrogens with one attached hydrogen (secondary N) is 1. The van der Waals surface area contributed by atoms with Crippen LogP contribution in [0.25, 0.3) is 0 Å². The van der Waals surface area contributed by atoms with Crippen molar-refractivity contribution in [3.63, 3.8) is 0 Å². The van der Waals surface area contributed by atoms with E-state index in [0.717, 1.165) is 18.4 Å². The van der Waals surface area contributed by atoms with E-state index in [1.54, 1.807) is 13.8 Å². The Hall–Kier alpha value is -1.07. The highest BCUT2D eigenvalue weighted by atomic mass is 16.6. The molecule has 0 aliphatic rings. The lowest BCUT2D eigenvalue weighted by Crippen LogP contribution is -2.17. The summed E-state index contributed by atoms with van der Waals surface area (Å²) in [6, 6.07) is 0. The van der Waals surface area contributed by atoms with Crippen molar-refractivity contribution in [2.24, 2.45) is 0 Å². The van der Waals surface area contributed by atoms with Crippen LogP contribution in [-0.4, -0.2) is 29.3 Å². The highest BCUT2D eigenvalue weighted by molar-refractivity contribution is 5.66. The number of carbonyl (C=O) groups is 1. The summed E-state index contributed by atoms with van der Waals surface area (Å²) in [5, 5.41) is 17.5. The van der Waals surface area contributed by atoms with E-state index in [-0.39, 0.29) is 12.2 Å². The first-order valence-electron chi connectivity index (χ1n) is 5.45. The number of aliphatic carboxylic acids is 1. The fourth-order valence-corrected chi connectivity index (χ4v) is 0.986. The molecule has 94 valence electrons. The van der Waals surface area contributed by atoms with E-state index in [2.05, 4.69) is 5.48 Å². The molecular weight excluding hydrogens is 210 g/mol. The van der Waals surface area contributed by atoms with Crippen LogP contribution in [-0.2, 0) is 9.63 Å². The number of allylic oxidation sites excluding steroid dienone is 1. The fourth-order valence-electron chi connectivity index (χ4n) is 0.986. The third-order valence-corrected chi connectivity index (χ3v) is 2.18. The van der Waals surface area contributed by atoms with E-state index in [4.69, 9.17) is 15.1 Å². The molecule has 3 N–H and O–H groups in total. The zero-order valence-corrected chi connectivity index (χ0v) is 9.95. The number of carboxylic acids is 1. The predicted molar refractivity (Wildman–Crippen MR) is 61.1 cm³/mol. The second-order valence-electron chi connectivity index (χ2n) is 3.75. The molecule has 0 rings (SSSR count). The van der Waals surface area contributed by atoms with Gasteiger partial charge >= 0.3 is 5.97 Å². The Labute approximate surface area is 96.1 Å². The molecule has 0 aromatic heterocycles. The number of aliphatic hydroxyl groups is 1. The molecule has 0 atom stereocenters. The van der Waals surface area contributed by atoms with E-state index in [1.165, 1.54) is 0 Å². The maximum absolute atomic E-state index is 10.2. The molecule has 0 saturated carbocycles. The Bertz CT molecular complexity index is 234. The average molecular weight is 231 g/mol. The Balaban J connectivity index is 3.22. The second kappa shape index (κ2) is 9.18. The Morgan fingerprint density at radius 3 is 2.44 bits per heavy atom. The number of unbranched alkanes of at least 4 members (excludes halogenated alkanes) is 2. The number of carboxylic acid groups (broad SMARTS) is 1. The number of hydroxylamine groups is 1. The quantitative estimate of drug-likeness (QED) is 0.321. The molecule has 0 spiro atoms. The molecule has 0 aromatic rings. The van der Waals surface area contributed by atoms with Crippen molar-refractivity contribution in [2.75, 3.05) is 13.2 Å². The monoisotopic (exact) mass is 231 g/mol. The van der Waals surface area contributed by atoms with Gasteiger partial charge in [0.2, 0.25) is 0 Å². The molecule has 5 nitrogen and oxygen atoms in total. The lowest BCUT2D eigenvalue weighted by molar-refractivity contribution is -0.137. The predicted octanol–water partition coefficient (Wildman–Crippen LogP) is 2.00. The van der Waals surface area contributed by atoms with E-state index in [1.807, 2.05) is 0 Å². The van der Waals surface area contributed by atoms with Crippen LogP contribution in [0.15, 0.2) is 11.3 Å². The number of rotatable bonds is 9. The van der Waals surface area contributed by atoms with Gasteiger partial charge in [-0.3, -0.25) is 9.63 Å². The zero-order chi connectivity index (χ0) is 12.4. The summed E-state index contributed by atoms with van der Waals surface area (Å²) in [4.78, 5) is 15.3. The minimum absolute atomic E-state index is 0.229. The Morgan fingerprint density at radius 1 is 1.19 bits per heavy atom. The lowest BCUT2D eigenvalue weighted by atomic mass is 10.2. The first kappa shape index (κ1) is 14.9. The molecule has 5 heteroatoms. The van der Waals surface area contributed by atoms with Gasteiger partial charge < -0.3 is 10.2 Å². The highest BCUT2D eigenvalue weighted by Gasteiger charge is 1.97. The van der Waals surface area contributed by atoms with Crippen LogP contribution in [0.1, 0.15) is 39.5 Å². The van der Waals surface area contributed by atoms with Gasteiger partial charge in [0.25, 0.3) is 0 Å². The van der Waals surface area contributed by atoms with Crippen molar-refractivity contribution in [1.82, 2.24) is 5.48 Å². The molecule has 0 bridgehead atoms. The van der Waals surface area contributed by atoms with Gasteiger partial charge in [-0.2, -0.15) is 0 Å². The van der Waals surface area contributed by atoms with Crippen LogP contribution in [0.4, 0.5) is 0 Å². The summed E-state index contributed by atoms with van der Waals surface area (Å²) >= 11 is 0. The zero-order valence-electron chi connectivity index (χ0n) is 9.95. The summed E-state index contributed by atoms with van der Waals surface area (Å²) in [7, 11) is 0. The molecule has 0 saturated heterocycles. The van der Waals surface area contributed by atoms with Crippen molar-refractivity contribution in [3.8, 4) is 0 Å². The summed E-state index contributed by atoms with van der Waals surface area (Å²) < 4.78 is 0. The third kappa shape index (κ3) is 9.48. The van der Waals surface area contributed by atoms with Crippen molar-refractivity contribution < 1.29 is 19.8 Å². The van der Waals surface area contributed by atoms with Crippen LogP contribution in [0.5, 0.6) is 0 Å². The topological polar surface area (TPSA) is 78.8 Å². The second-order valence-corrected chi connectivity index (χ2v) is 3.75. The summed E-state index contributed by atoms with van der Waals surface area (Å²) in [6.45, 7) is 4.46. The van der Waals surface area contributed by atoms with Gasteiger partial charge in [-0.15, -0.1) is 0 Å². The maximum atomic E-state index is 10.2. The molecule has 0 unspecified atom stereocenters. The summed E-state index contributed by atoms with van der Waals surface area (Å²) in [6.07, 6.45) is 2.68. The molecule has 16 heavy (non-hydrogen) atoms. The molecule has 0 aliphatic heterocycles. The van der Waals surface area contributed by atoms with Crippen molar-refractivity contribution in [3.05, 3.63) is 11.3 Å². The standard InChI is InChI=1S/C11H21NO4/c1-9(10(2)13)8-16-12-7-5-3-4-6-11(14)15/h12-13H,3-8H2,1-2H3,(H,14,15)/b10-9-. The third-order valence-electron chi connectivity index (χ3n) is 2.18. The van der Waals surface area contributed by atoms with Gasteiger partial charge in [-0.1, -0.05) is 6.42 Å². The van der Waals surface area contributed by atoms with Crippen LogP contribution >= 0.6 is 0 Å². The Kier molecular flexibility index (Phi) is 8.56. The largest absolute Gasteiger partial charge is 0.513 e. The summed E-state index contributed by atoms with van der Waals surface area (Å²) in [5.41, 5.74) is 3.56. The van der Waals surface area contributed by atoms with E-state index in [9.17, 15) is 4.79 Å². The van der Waals surface area contributed by atoms with Gasteiger partial charge in [0.1, 0.15) is 0 Å². The van der Waals surface area contributed by atoms with Gasteiger partial charge in [0.05, 0.1) is 12.4 Å². The smallest absolute Gasteiger partial charge is 0.303 e. The number of aliphatic hydroxyl groups excluding tert-OH is 1. The van der Waals surface area contributed by atoms with E-state index < -0.39 is 5.97 Å². The molecule has 0 aliphatic carbocycles. The van der Waals surface area contributed by atoms with Gasteiger partial charge in [0, 0.05) is 13.0 Å². The van der Waals surface area contributed by atoms with Gasteiger partial charge in [-0.25, -0.2) is 5.48 Å². The van der Waals surface area contributed by atoms with Crippen molar-refractivity contribution in [1.29, 1.82) is 0 Å². The minimum atomic E-state index is -0.747. The molecule has 0 aromatic carbocycles. The van der Waals surface area contributed by atoms with Gasteiger partial charge in [0.15, 0.2) is 0 Å². The van der Waals surface area contributed by atoms with Crippen LogP contribution in [0.3, 0.4) is 0 Å². The first-order chi connectivity index (χ1) is 7.54. The molecule has 0 radical (unpaired) electrons. The van der Waals surface area contributed by atoms with Crippen LogP contribution < -0.4 is 5.48 Å². The van der Waals surface area contributed by atoms with E-state index in [0.29, 0.717) is 19.6 Å². The maximum Gasteiger partial charge on any atom is 0.303 e. The average Bonchev–Trinajstić information content (AvgIpc) is 2.21. The van der Waals surface area contributed by atoms with Gasteiger partial charge in [-0.05, 0) is 32.3 Å². The lowest BCUT2D eigenvalue weighted by Gasteiger charge is -2.06. The molecular formula is C11H21NO4. The first-order valence-corrected chi connectivity index (χ1v) is 5.45. The highest BCUT2D eigenvalue weighted by Crippen LogP contribution is 2.00. The number of hydrogen-bond acceptors (Lipinski definition) is 4. The van der Waals surface area contributed by atoms with E-state index >= 15 is 0 Å². The molecule has 0 heterocycles. The molecule has 0 amide bonds. The fraction of sp³-hybridized carbons (Fsp3) is 0.727. The normalized spacial score (nSPS) is 12.4. The molecule has 0 fully saturated rings. The SMILES string of the molecule is C/C(O)=C(\C)CONCCCCCC(=O)O. The minimum Gasteiger partial charge on any atom is -0.513 e. The number of hydrogen-bond donors (Lipinski definition) is 3.